The summed E-state index contributed by atoms with van der Waals surface area (Å²) < 4.78 is 43.2. The second-order valence-corrected chi connectivity index (χ2v) is 11.5. The molecule has 3 aromatic carbocycles. The topological polar surface area (TPSA) is 86.8 Å². The first-order valence-electron chi connectivity index (χ1n) is 13.0. The fourth-order valence-corrected chi connectivity index (χ4v) is 5.55. The van der Waals surface area contributed by atoms with Crippen molar-refractivity contribution in [2.75, 3.05) is 17.4 Å². The minimum atomic E-state index is -4.32. The molecule has 2 amide bonds. The minimum Gasteiger partial charge on any atom is -0.354 e. The molecule has 0 saturated heterocycles. The highest BCUT2D eigenvalue weighted by Gasteiger charge is 2.33. The highest BCUT2D eigenvalue weighted by atomic mass is 32.2. The first-order chi connectivity index (χ1) is 18.5. The highest BCUT2D eigenvalue weighted by Crippen LogP contribution is 2.27. The summed E-state index contributed by atoms with van der Waals surface area (Å²) in [5.41, 5.74) is 2.38. The molecule has 39 heavy (non-hydrogen) atoms. The van der Waals surface area contributed by atoms with Crippen LogP contribution in [-0.4, -0.2) is 44.3 Å². The summed E-state index contributed by atoms with van der Waals surface area (Å²) in [4.78, 5) is 28.1. The monoisotopic (exact) mass is 553 g/mol. The number of amides is 2. The average molecular weight is 554 g/mol. The molecular weight excluding hydrogens is 517 g/mol. The Morgan fingerprint density at radius 2 is 1.64 bits per heavy atom. The van der Waals surface area contributed by atoms with Gasteiger partial charge in [-0.05, 0) is 57.0 Å². The molecule has 3 rings (SSSR count). The van der Waals surface area contributed by atoms with E-state index in [2.05, 4.69) is 5.32 Å². The molecule has 0 heterocycles. The summed E-state index contributed by atoms with van der Waals surface area (Å²) in [5, 5.41) is 2.85. The number of benzene rings is 3. The Labute approximate surface area is 230 Å². The van der Waals surface area contributed by atoms with E-state index < -0.39 is 34.3 Å². The predicted octanol–water partition coefficient (Wildman–Crippen LogP) is 4.97. The highest BCUT2D eigenvalue weighted by molar-refractivity contribution is 7.92. The zero-order chi connectivity index (χ0) is 28.6. The van der Waals surface area contributed by atoms with E-state index in [1.54, 1.807) is 19.1 Å². The van der Waals surface area contributed by atoms with E-state index in [9.17, 15) is 22.4 Å². The van der Waals surface area contributed by atoms with Gasteiger partial charge in [0.25, 0.3) is 10.0 Å². The van der Waals surface area contributed by atoms with Crippen molar-refractivity contribution in [3.05, 3.63) is 95.3 Å². The van der Waals surface area contributed by atoms with E-state index in [4.69, 9.17) is 0 Å². The average Bonchev–Trinajstić information content (AvgIpc) is 2.90. The van der Waals surface area contributed by atoms with Gasteiger partial charge in [0.15, 0.2) is 0 Å². The van der Waals surface area contributed by atoms with Gasteiger partial charge in [-0.15, -0.1) is 0 Å². The molecule has 0 spiro atoms. The van der Waals surface area contributed by atoms with Crippen molar-refractivity contribution < 1.29 is 22.4 Å². The second-order valence-electron chi connectivity index (χ2n) is 9.61. The number of halogens is 1. The molecule has 7 nitrogen and oxygen atoms in total. The molecular formula is C30H36FN3O4S. The number of anilines is 1. The number of para-hydroxylation sites is 1. The molecule has 0 bridgehead atoms. The summed E-state index contributed by atoms with van der Waals surface area (Å²) in [7, 11) is -4.32. The van der Waals surface area contributed by atoms with Crippen molar-refractivity contribution in [3.8, 4) is 0 Å². The normalized spacial score (nSPS) is 12.0. The van der Waals surface area contributed by atoms with Gasteiger partial charge in [-0.3, -0.25) is 13.9 Å². The predicted molar refractivity (Wildman–Crippen MR) is 151 cm³/mol. The third-order valence-corrected chi connectivity index (χ3v) is 8.22. The maximum atomic E-state index is 15.0. The number of sulfonamides is 1. The lowest BCUT2D eigenvalue weighted by molar-refractivity contribution is -0.139. The van der Waals surface area contributed by atoms with Crippen LogP contribution in [-0.2, 0) is 26.2 Å². The molecule has 0 aliphatic rings. The molecule has 1 N–H and O–H groups in total. The van der Waals surface area contributed by atoms with E-state index in [1.807, 2.05) is 45.0 Å². The van der Waals surface area contributed by atoms with Crippen molar-refractivity contribution in [2.45, 2.75) is 58.0 Å². The number of hydrogen-bond acceptors (Lipinski definition) is 4. The molecule has 208 valence electrons. The largest absolute Gasteiger partial charge is 0.354 e. The van der Waals surface area contributed by atoms with Gasteiger partial charge >= 0.3 is 0 Å². The number of carbonyl (C=O) groups excluding carboxylic acids is 2. The number of hydrogen-bond donors (Lipinski definition) is 1. The van der Waals surface area contributed by atoms with Crippen LogP contribution >= 0.6 is 0 Å². The van der Waals surface area contributed by atoms with Crippen LogP contribution in [0.1, 0.15) is 43.4 Å². The smallest absolute Gasteiger partial charge is 0.264 e. The van der Waals surface area contributed by atoms with Crippen molar-refractivity contribution in [1.29, 1.82) is 0 Å². The SMILES string of the molecule is CCCCNC(=O)[C@H](C)N(Cc1cccc(C)c1)C(=O)CN(c1ccccc1F)S(=O)(=O)c1ccc(C)cc1. The second kappa shape index (κ2) is 13.4. The summed E-state index contributed by atoms with van der Waals surface area (Å²) >= 11 is 0. The van der Waals surface area contributed by atoms with Crippen LogP contribution in [0.15, 0.2) is 77.7 Å². The van der Waals surface area contributed by atoms with Crippen molar-refractivity contribution >= 4 is 27.5 Å². The van der Waals surface area contributed by atoms with Gasteiger partial charge in [0.2, 0.25) is 11.8 Å². The number of aryl methyl sites for hydroxylation is 2. The molecule has 0 aliphatic heterocycles. The standard InChI is InChI=1S/C30H36FN3O4S/c1-5-6-18-32-30(36)24(4)33(20-25-11-9-10-23(3)19-25)29(35)21-34(28-13-8-7-12-27(28)31)39(37,38)26-16-14-22(2)15-17-26/h7-17,19,24H,5-6,18,20-21H2,1-4H3,(H,32,36)/t24-/m0/s1. The van der Waals surface area contributed by atoms with E-state index in [-0.39, 0.29) is 23.0 Å². The zero-order valence-corrected chi connectivity index (χ0v) is 23.7. The fourth-order valence-electron chi connectivity index (χ4n) is 4.13. The molecule has 0 aliphatic carbocycles. The van der Waals surface area contributed by atoms with Crippen LogP contribution in [0.25, 0.3) is 0 Å². The minimum absolute atomic E-state index is 0.0697. The third-order valence-electron chi connectivity index (χ3n) is 6.44. The zero-order valence-electron chi connectivity index (χ0n) is 22.9. The quantitative estimate of drug-likeness (QED) is 0.321. The maximum Gasteiger partial charge on any atom is 0.264 e. The van der Waals surface area contributed by atoms with Crippen LogP contribution in [0.3, 0.4) is 0 Å². The lowest BCUT2D eigenvalue weighted by atomic mass is 10.1. The fraction of sp³-hybridized carbons (Fsp3) is 0.333. The Morgan fingerprint density at radius 3 is 2.28 bits per heavy atom. The van der Waals surface area contributed by atoms with Gasteiger partial charge in [0, 0.05) is 13.1 Å². The number of rotatable bonds is 12. The summed E-state index contributed by atoms with van der Waals surface area (Å²) in [6.07, 6.45) is 1.69. The first kappa shape index (κ1) is 29.8. The molecule has 0 unspecified atom stereocenters. The molecule has 3 aromatic rings. The van der Waals surface area contributed by atoms with Crippen LogP contribution in [0.4, 0.5) is 10.1 Å². The summed E-state index contributed by atoms with van der Waals surface area (Å²) in [5.74, 6) is -1.76. The molecule has 0 saturated carbocycles. The van der Waals surface area contributed by atoms with Gasteiger partial charge in [-0.2, -0.15) is 0 Å². The Balaban J connectivity index is 2.01. The third kappa shape index (κ3) is 7.66. The number of nitrogens with zero attached hydrogens (tertiary/aromatic N) is 2. The van der Waals surface area contributed by atoms with Crippen LogP contribution in [0, 0.1) is 19.7 Å². The molecule has 1 atom stereocenters. The Morgan fingerprint density at radius 1 is 0.949 bits per heavy atom. The maximum absolute atomic E-state index is 15.0. The van der Waals surface area contributed by atoms with Gasteiger partial charge in [0.05, 0.1) is 10.6 Å². The van der Waals surface area contributed by atoms with Gasteiger partial charge in [-0.1, -0.05) is 73.0 Å². The van der Waals surface area contributed by atoms with Crippen molar-refractivity contribution in [3.63, 3.8) is 0 Å². The van der Waals surface area contributed by atoms with E-state index in [1.165, 1.54) is 35.2 Å². The van der Waals surface area contributed by atoms with Gasteiger partial charge in [-0.25, -0.2) is 12.8 Å². The number of nitrogens with one attached hydrogen (secondary N) is 1. The van der Waals surface area contributed by atoms with Crippen LogP contribution in [0.2, 0.25) is 0 Å². The van der Waals surface area contributed by atoms with E-state index >= 15 is 0 Å². The molecule has 0 aromatic heterocycles. The van der Waals surface area contributed by atoms with Crippen LogP contribution < -0.4 is 9.62 Å². The summed E-state index contributed by atoms with van der Waals surface area (Å²) in [6, 6.07) is 18.2. The Hall–Kier alpha value is -3.72. The number of unbranched alkanes of at least 4 members (excludes halogenated alkanes) is 1. The lowest BCUT2D eigenvalue weighted by Gasteiger charge is -2.32. The van der Waals surface area contributed by atoms with Crippen LogP contribution in [0.5, 0.6) is 0 Å². The van der Waals surface area contributed by atoms with Crippen molar-refractivity contribution in [1.82, 2.24) is 10.2 Å². The van der Waals surface area contributed by atoms with Crippen molar-refractivity contribution in [2.24, 2.45) is 0 Å². The molecule has 9 heteroatoms. The Kier molecular flexibility index (Phi) is 10.2. The lowest BCUT2D eigenvalue weighted by Crippen LogP contribution is -2.51. The van der Waals surface area contributed by atoms with Gasteiger partial charge < -0.3 is 10.2 Å². The Bertz CT molecular complexity index is 1390. The van der Waals surface area contributed by atoms with E-state index in [0.717, 1.165) is 39.9 Å². The van der Waals surface area contributed by atoms with E-state index in [0.29, 0.717) is 6.54 Å². The summed E-state index contributed by atoms with van der Waals surface area (Å²) in [6.45, 7) is 7.23. The number of carbonyl (C=O) groups is 2. The molecule has 0 radical (unpaired) electrons. The molecule has 0 fully saturated rings. The first-order valence-corrected chi connectivity index (χ1v) is 14.4. The van der Waals surface area contributed by atoms with Gasteiger partial charge in [0.1, 0.15) is 18.4 Å².